The maximum Gasteiger partial charge on any atom is 0.320 e. The highest BCUT2D eigenvalue weighted by Crippen LogP contribution is 2.06. The van der Waals surface area contributed by atoms with Crippen LogP contribution in [0, 0.1) is 5.92 Å². The number of hydrogen-bond acceptors (Lipinski definition) is 2. The SMILES string of the molecule is CCCC[C@H](NC(C)C(C)C)C(=O)O. The van der Waals surface area contributed by atoms with Crippen molar-refractivity contribution in [3.05, 3.63) is 0 Å². The second-order valence-corrected chi connectivity index (χ2v) is 4.23. The lowest BCUT2D eigenvalue weighted by Gasteiger charge is -2.22. The van der Waals surface area contributed by atoms with E-state index in [4.69, 9.17) is 5.11 Å². The van der Waals surface area contributed by atoms with Crippen LogP contribution in [0.25, 0.3) is 0 Å². The largest absolute Gasteiger partial charge is 0.480 e. The van der Waals surface area contributed by atoms with E-state index in [0.29, 0.717) is 5.92 Å². The van der Waals surface area contributed by atoms with E-state index >= 15 is 0 Å². The summed E-state index contributed by atoms with van der Waals surface area (Å²) in [7, 11) is 0. The van der Waals surface area contributed by atoms with Crippen molar-refractivity contribution < 1.29 is 9.90 Å². The van der Waals surface area contributed by atoms with Crippen LogP contribution in [0.2, 0.25) is 0 Å². The predicted molar refractivity (Wildman–Crippen MR) is 58.4 cm³/mol. The molecule has 0 radical (unpaired) electrons. The molecule has 2 N–H and O–H groups in total. The maximum atomic E-state index is 10.9. The van der Waals surface area contributed by atoms with E-state index in [2.05, 4.69) is 26.1 Å². The summed E-state index contributed by atoms with van der Waals surface area (Å²) < 4.78 is 0. The van der Waals surface area contributed by atoms with Gasteiger partial charge >= 0.3 is 5.97 Å². The van der Waals surface area contributed by atoms with Crippen molar-refractivity contribution in [3.8, 4) is 0 Å². The monoisotopic (exact) mass is 201 g/mol. The Kier molecular flexibility index (Phi) is 6.54. The molecule has 0 rings (SSSR count). The molecule has 14 heavy (non-hydrogen) atoms. The average Bonchev–Trinajstić information content (AvgIpc) is 2.10. The zero-order chi connectivity index (χ0) is 11.1. The van der Waals surface area contributed by atoms with E-state index < -0.39 is 5.97 Å². The Morgan fingerprint density at radius 1 is 1.36 bits per heavy atom. The zero-order valence-corrected chi connectivity index (χ0v) is 9.71. The Labute approximate surface area is 86.9 Å². The molecule has 0 aliphatic heterocycles. The van der Waals surface area contributed by atoms with Gasteiger partial charge in [0, 0.05) is 6.04 Å². The fourth-order valence-electron chi connectivity index (χ4n) is 1.20. The molecule has 3 nitrogen and oxygen atoms in total. The predicted octanol–water partition coefficient (Wildman–Crippen LogP) is 2.26. The average molecular weight is 201 g/mol. The number of nitrogens with one attached hydrogen (secondary N) is 1. The smallest absolute Gasteiger partial charge is 0.320 e. The third-order valence-electron chi connectivity index (χ3n) is 2.61. The van der Waals surface area contributed by atoms with E-state index in [0.717, 1.165) is 19.3 Å². The molecule has 0 fully saturated rings. The third kappa shape index (κ3) is 5.22. The van der Waals surface area contributed by atoms with Crippen LogP contribution in [0.15, 0.2) is 0 Å². The number of carboxylic acid groups (broad SMARTS) is 1. The lowest BCUT2D eigenvalue weighted by molar-refractivity contribution is -0.140. The highest BCUT2D eigenvalue weighted by molar-refractivity contribution is 5.73. The Morgan fingerprint density at radius 3 is 2.29 bits per heavy atom. The van der Waals surface area contributed by atoms with Crippen molar-refractivity contribution in [1.82, 2.24) is 5.32 Å². The van der Waals surface area contributed by atoms with Crippen LogP contribution in [0.3, 0.4) is 0 Å². The highest BCUT2D eigenvalue weighted by atomic mass is 16.4. The van der Waals surface area contributed by atoms with Gasteiger partial charge in [-0.2, -0.15) is 0 Å². The molecule has 0 amide bonds. The molecule has 0 bridgehead atoms. The second kappa shape index (κ2) is 6.82. The Balaban J connectivity index is 4.02. The van der Waals surface area contributed by atoms with Crippen LogP contribution in [-0.4, -0.2) is 23.2 Å². The molecule has 0 aromatic heterocycles. The van der Waals surface area contributed by atoms with Gasteiger partial charge in [0.1, 0.15) is 6.04 Å². The van der Waals surface area contributed by atoms with Gasteiger partial charge in [0.2, 0.25) is 0 Å². The summed E-state index contributed by atoms with van der Waals surface area (Å²) in [4.78, 5) is 10.9. The quantitative estimate of drug-likeness (QED) is 0.664. The van der Waals surface area contributed by atoms with Gasteiger partial charge in [-0.05, 0) is 19.3 Å². The summed E-state index contributed by atoms with van der Waals surface area (Å²) in [6.45, 7) is 8.30. The number of rotatable bonds is 7. The van der Waals surface area contributed by atoms with Crippen LogP contribution >= 0.6 is 0 Å². The zero-order valence-electron chi connectivity index (χ0n) is 9.71. The fraction of sp³-hybridized carbons (Fsp3) is 0.909. The number of carboxylic acids is 1. The summed E-state index contributed by atoms with van der Waals surface area (Å²) >= 11 is 0. The van der Waals surface area contributed by atoms with E-state index in [1.54, 1.807) is 0 Å². The normalized spacial score (nSPS) is 15.5. The van der Waals surface area contributed by atoms with Gasteiger partial charge in [0.05, 0.1) is 0 Å². The first-order valence-electron chi connectivity index (χ1n) is 5.47. The molecule has 0 heterocycles. The van der Waals surface area contributed by atoms with E-state index in [9.17, 15) is 4.79 Å². The van der Waals surface area contributed by atoms with Gasteiger partial charge in [-0.25, -0.2) is 0 Å². The highest BCUT2D eigenvalue weighted by Gasteiger charge is 2.19. The van der Waals surface area contributed by atoms with Crippen molar-refractivity contribution in [2.75, 3.05) is 0 Å². The Morgan fingerprint density at radius 2 is 1.93 bits per heavy atom. The van der Waals surface area contributed by atoms with Crippen LogP contribution in [0.4, 0.5) is 0 Å². The molecular weight excluding hydrogens is 178 g/mol. The minimum absolute atomic E-state index is 0.257. The van der Waals surface area contributed by atoms with Gasteiger partial charge in [-0.15, -0.1) is 0 Å². The molecule has 0 aliphatic rings. The summed E-state index contributed by atoms with van der Waals surface area (Å²) in [6.07, 6.45) is 2.74. The van der Waals surface area contributed by atoms with Gasteiger partial charge in [-0.1, -0.05) is 33.6 Å². The molecule has 2 atom stereocenters. The second-order valence-electron chi connectivity index (χ2n) is 4.23. The first-order chi connectivity index (χ1) is 6.49. The van der Waals surface area contributed by atoms with Gasteiger partial charge < -0.3 is 10.4 Å². The Bertz CT molecular complexity index is 169. The van der Waals surface area contributed by atoms with Crippen molar-refractivity contribution in [3.63, 3.8) is 0 Å². The summed E-state index contributed by atoms with van der Waals surface area (Å²) in [5.74, 6) is -0.260. The first-order valence-corrected chi connectivity index (χ1v) is 5.47. The van der Waals surface area contributed by atoms with Crippen molar-refractivity contribution in [2.45, 2.75) is 59.0 Å². The van der Waals surface area contributed by atoms with Crippen LogP contribution in [0.1, 0.15) is 47.0 Å². The van der Waals surface area contributed by atoms with Crippen LogP contribution in [0.5, 0.6) is 0 Å². The van der Waals surface area contributed by atoms with Gasteiger partial charge in [0.25, 0.3) is 0 Å². The molecule has 3 heteroatoms. The summed E-state index contributed by atoms with van der Waals surface area (Å²) in [6, 6.07) is -0.125. The number of aliphatic carboxylic acids is 1. The van der Waals surface area contributed by atoms with Crippen molar-refractivity contribution in [2.24, 2.45) is 5.92 Å². The topological polar surface area (TPSA) is 49.3 Å². The first kappa shape index (κ1) is 13.4. The van der Waals surface area contributed by atoms with E-state index in [1.165, 1.54) is 0 Å². The molecule has 0 spiro atoms. The molecule has 0 saturated heterocycles. The fourth-order valence-corrected chi connectivity index (χ4v) is 1.20. The lowest BCUT2D eigenvalue weighted by atomic mass is 10.0. The molecule has 0 aromatic carbocycles. The Hall–Kier alpha value is -0.570. The minimum atomic E-state index is -0.731. The third-order valence-corrected chi connectivity index (χ3v) is 2.61. The van der Waals surface area contributed by atoms with Crippen LogP contribution < -0.4 is 5.32 Å². The summed E-state index contributed by atoms with van der Waals surface area (Å²) in [5.41, 5.74) is 0. The molecule has 0 aromatic rings. The molecule has 1 unspecified atom stereocenters. The molecule has 0 aliphatic carbocycles. The summed E-state index contributed by atoms with van der Waals surface area (Å²) in [5, 5.41) is 12.1. The lowest BCUT2D eigenvalue weighted by Crippen LogP contribution is -2.44. The number of carbonyl (C=O) groups is 1. The van der Waals surface area contributed by atoms with E-state index in [-0.39, 0.29) is 12.1 Å². The van der Waals surface area contributed by atoms with Gasteiger partial charge in [-0.3, -0.25) is 4.79 Å². The maximum absolute atomic E-state index is 10.9. The number of unbranched alkanes of at least 4 members (excludes halogenated alkanes) is 1. The van der Waals surface area contributed by atoms with Crippen LogP contribution in [-0.2, 0) is 4.79 Å². The van der Waals surface area contributed by atoms with E-state index in [1.807, 2.05) is 6.92 Å². The van der Waals surface area contributed by atoms with Gasteiger partial charge in [0.15, 0.2) is 0 Å². The molecule has 84 valence electrons. The standard InChI is InChI=1S/C11H23NO2/c1-5-6-7-10(11(13)14)12-9(4)8(2)3/h8-10,12H,5-7H2,1-4H3,(H,13,14)/t9?,10-/m0/s1. The minimum Gasteiger partial charge on any atom is -0.480 e. The molecule has 0 saturated carbocycles. The number of hydrogen-bond donors (Lipinski definition) is 2. The molecular formula is C11H23NO2. The van der Waals surface area contributed by atoms with Crippen molar-refractivity contribution >= 4 is 5.97 Å². The van der Waals surface area contributed by atoms with Crippen molar-refractivity contribution in [1.29, 1.82) is 0 Å².